The van der Waals surface area contributed by atoms with Gasteiger partial charge in [-0.3, -0.25) is 9.59 Å². The van der Waals surface area contributed by atoms with Crippen LogP contribution in [0.25, 0.3) is 0 Å². The van der Waals surface area contributed by atoms with Gasteiger partial charge in [0, 0.05) is 23.2 Å². The molecule has 0 aliphatic heterocycles. The fourth-order valence-electron chi connectivity index (χ4n) is 2.47. The van der Waals surface area contributed by atoms with Gasteiger partial charge in [-0.05, 0) is 57.4 Å². The van der Waals surface area contributed by atoms with Crippen LogP contribution in [0.1, 0.15) is 49.5 Å². The van der Waals surface area contributed by atoms with Crippen LogP contribution < -0.4 is 10.6 Å². The van der Waals surface area contributed by atoms with Crippen molar-refractivity contribution in [3.63, 3.8) is 0 Å². The van der Waals surface area contributed by atoms with Gasteiger partial charge in [0.2, 0.25) is 5.91 Å². The van der Waals surface area contributed by atoms with E-state index in [1.807, 2.05) is 39.0 Å². The lowest BCUT2D eigenvalue weighted by atomic mass is 10.1. The molecular weight excluding hydrogens is 312 g/mol. The van der Waals surface area contributed by atoms with E-state index in [-0.39, 0.29) is 17.4 Å². The van der Waals surface area contributed by atoms with Crippen LogP contribution in [0, 0.1) is 0 Å². The maximum absolute atomic E-state index is 12.2. The van der Waals surface area contributed by atoms with E-state index in [9.17, 15) is 9.59 Å². The van der Waals surface area contributed by atoms with Crippen molar-refractivity contribution in [2.45, 2.75) is 45.6 Å². The monoisotopic (exact) mass is 338 g/mol. The second kappa shape index (κ2) is 8.47. The summed E-state index contributed by atoms with van der Waals surface area (Å²) in [6, 6.07) is 17.1. The summed E-state index contributed by atoms with van der Waals surface area (Å²) in [4.78, 5) is 24.3. The summed E-state index contributed by atoms with van der Waals surface area (Å²) in [6.07, 6.45) is 2.12. The smallest absolute Gasteiger partial charge is 0.251 e. The minimum absolute atomic E-state index is 0.0377. The van der Waals surface area contributed by atoms with Crippen molar-refractivity contribution in [1.29, 1.82) is 0 Å². The predicted octanol–water partition coefficient (Wildman–Crippen LogP) is 4.18. The lowest BCUT2D eigenvalue weighted by Crippen LogP contribution is -2.40. The molecule has 132 valence electrons. The number of rotatable bonds is 6. The van der Waals surface area contributed by atoms with Gasteiger partial charge < -0.3 is 10.6 Å². The average molecular weight is 338 g/mol. The number of anilines is 1. The fourth-order valence-corrected chi connectivity index (χ4v) is 2.47. The molecule has 0 aliphatic rings. The van der Waals surface area contributed by atoms with Crippen molar-refractivity contribution in [2.75, 3.05) is 5.32 Å². The molecule has 0 heterocycles. The topological polar surface area (TPSA) is 58.2 Å². The van der Waals surface area contributed by atoms with Gasteiger partial charge in [0.1, 0.15) is 0 Å². The molecular formula is C21H26N2O2. The van der Waals surface area contributed by atoms with Crippen LogP contribution in [0.15, 0.2) is 54.6 Å². The number of hydrogen-bond donors (Lipinski definition) is 2. The largest absolute Gasteiger partial charge is 0.347 e. The molecule has 2 aromatic carbocycles. The van der Waals surface area contributed by atoms with E-state index in [1.54, 1.807) is 24.3 Å². The highest BCUT2D eigenvalue weighted by Gasteiger charge is 2.15. The van der Waals surface area contributed by atoms with Crippen molar-refractivity contribution in [1.82, 2.24) is 5.32 Å². The van der Waals surface area contributed by atoms with Crippen molar-refractivity contribution in [3.8, 4) is 0 Å². The summed E-state index contributed by atoms with van der Waals surface area (Å²) in [6.45, 7) is 5.80. The summed E-state index contributed by atoms with van der Waals surface area (Å²) < 4.78 is 0. The van der Waals surface area contributed by atoms with Crippen molar-refractivity contribution >= 4 is 17.5 Å². The quantitative estimate of drug-likeness (QED) is 0.830. The number of aryl methyl sites for hydroxylation is 1. The summed E-state index contributed by atoms with van der Waals surface area (Å²) in [7, 11) is 0. The third-order valence-electron chi connectivity index (χ3n) is 3.61. The Bertz CT molecular complexity index is 718. The zero-order chi connectivity index (χ0) is 18.3. The number of benzene rings is 2. The van der Waals surface area contributed by atoms with E-state index in [0.717, 1.165) is 12.8 Å². The Hall–Kier alpha value is -2.62. The minimum atomic E-state index is -0.298. The Balaban J connectivity index is 1.86. The highest BCUT2D eigenvalue weighted by atomic mass is 16.2. The van der Waals surface area contributed by atoms with Gasteiger partial charge in [-0.15, -0.1) is 0 Å². The SMILES string of the molecule is CC(C)(C)NC(=O)c1cccc(NC(=O)CCCc2ccccc2)c1. The molecule has 0 radical (unpaired) electrons. The maximum Gasteiger partial charge on any atom is 0.251 e. The lowest BCUT2D eigenvalue weighted by molar-refractivity contribution is -0.116. The highest BCUT2D eigenvalue weighted by molar-refractivity contribution is 5.97. The molecule has 4 nitrogen and oxygen atoms in total. The van der Waals surface area contributed by atoms with Gasteiger partial charge in [-0.1, -0.05) is 36.4 Å². The summed E-state index contributed by atoms with van der Waals surface area (Å²) >= 11 is 0. The number of carbonyl (C=O) groups excluding carboxylic acids is 2. The van der Waals surface area contributed by atoms with Gasteiger partial charge in [0.25, 0.3) is 5.91 Å². The second-order valence-corrected chi connectivity index (χ2v) is 7.17. The van der Waals surface area contributed by atoms with E-state index >= 15 is 0 Å². The highest BCUT2D eigenvalue weighted by Crippen LogP contribution is 2.13. The molecule has 0 saturated heterocycles. The molecule has 0 fully saturated rings. The third-order valence-corrected chi connectivity index (χ3v) is 3.61. The Morgan fingerprint density at radius 1 is 0.960 bits per heavy atom. The molecule has 4 heteroatoms. The molecule has 0 aliphatic carbocycles. The van der Waals surface area contributed by atoms with Crippen LogP contribution in [0.2, 0.25) is 0 Å². The molecule has 25 heavy (non-hydrogen) atoms. The standard InChI is InChI=1S/C21H26N2O2/c1-21(2,3)23-20(25)17-12-8-13-18(15-17)22-19(24)14-7-11-16-9-5-4-6-10-16/h4-6,8-10,12-13,15H,7,11,14H2,1-3H3,(H,22,24)(H,23,25). The predicted molar refractivity (Wildman–Crippen MR) is 102 cm³/mol. The number of carbonyl (C=O) groups is 2. The normalized spacial score (nSPS) is 11.0. The van der Waals surface area contributed by atoms with Gasteiger partial charge in [-0.25, -0.2) is 0 Å². The van der Waals surface area contributed by atoms with Gasteiger partial charge >= 0.3 is 0 Å². The summed E-state index contributed by atoms with van der Waals surface area (Å²) in [5, 5.41) is 5.78. The van der Waals surface area contributed by atoms with Gasteiger partial charge in [0.15, 0.2) is 0 Å². The Kier molecular flexibility index (Phi) is 6.34. The Morgan fingerprint density at radius 3 is 2.36 bits per heavy atom. The molecule has 2 N–H and O–H groups in total. The van der Waals surface area contributed by atoms with Crippen LogP contribution in [0.4, 0.5) is 5.69 Å². The van der Waals surface area contributed by atoms with E-state index in [1.165, 1.54) is 5.56 Å². The zero-order valence-electron chi connectivity index (χ0n) is 15.1. The van der Waals surface area contributed by atoms with Crippen LogP contribution in [0.3, 0.4) is 0 Å². The molecule has 0 bridgehead atoms. The molecule has 2 aromatic rings. The maximum atomic E-state index is 12.2. The van der Waals surface area contributed by atoms with E-state index in [4.69, 9.17) is 0 Å². The first-order valence-electron chi connectivity index (χ1n) is 8.60. The Morgan fingerprint density at radius 2 is 1.68 bits per heavy atom. The first kappa shape index (κ1) is 18.7. The van der Waals surface area contributed by atoms with Crippen LogP contribution in [-0.4, -0.2) is 17.4 Å². The van der Waals surface area contributed by atoms with Gasteiger partial charge in [-0.2, -0.15) is 0 Å². The zero-order valence-corrected chi connectivity index (χ0v) is 15.1. The van der Waals surface area contributed by atoms with Crippen molar-refractivity contribution in [2.24, 2.45) is 0 Å². The molecule has 0 aromatic heterocycles. The van der Waals surface area contributed by atoms with Crippen molar-refractivity contribution in [3.05, 3.63) is 65.7 Å². The number of nitrogens with one attached hydrogen (secondary N) is 2. The number of hydrogen-bond acceptors (Lipinski definition) is 2. The fraction of sp³-hybridized carbons (Fsp3) is 0.333. The first-order valence-corrected chi connectivity index (χ1v) is 8.60. The molecule has 0 atom stereocenters. The molecule has 2 rings (SSSR count). The van der Waals surface area contributed by atoms with E-state index in [0.29, 0.717) is 17.7 Å². The van der Waals surface area contributed by atoms with Crippen molar-refractivity contribution < 1.29 is 9.59 Å². The summed E-state index contributed by atoms with van der Waals surface area (Å²) in [5.74, 6) is -0.183. The van der Waals surface area contributed by atoms with E-state index in [2.05, 4.69) is 22.8 Å². The van der Waals surface area contributed by atoms with Crippen LogP contribution in [-0.2, 0) is 11.2 Å². The second-order valence-electron chi connectivity index (χ2n) is 7.17. The van der Waals surface area contributed by atoms with E-state index < -0.39 is 0 Å². The van der Waals surface area contributed by atoms with Gasteiger partial charge in [0.05, 0.1) is 0 Å². The first-order chi connectivity index (χ1) is 11.8. The molecule has 0 unspecified atom stereocenters. The summed E-state index contributed by atoms with van der Waals surface area (Å²) in [5.41, 5.74) is 2.12. The lowest BCUT2D eigenvalue weighted by Gasteiger charge is -2.20. The van der Waals surface area contributed by atoms with Crippen LogP contribution in [0.5, 0.6) is 0 Å². The minimum Gasteiger partial charge on any atom is -0.347 e. The van der Waals surface area contributed by atoms with Crippen LogP contribution >= 0.6 is 0 Å². The third kappa shape index (κ3) is 6.79. The average Bonchev–Trinajstić information content (AvgIpc) is 2.54. The molecule has 2 amide bonds. The molecule has 0 saturated carbocycles. The molecule has 0 spiro atoms. The Labute approximate surface area is 149 Å². The number of amides is 2.